The first-order chi connectivity index (χ1) is 9.22. The fraction of sp³-hybridized carbons (Fsp3) is 0.571. The Kier molecular flexibility index (Phi) is 5.76. The monoisotopic (exact) mass is 331 g/mol. The average Bonchev–Trinajstić information content (AvgIpc) is 2.91. The van der Waals surface area contributed by atoms with Crippen molar-refractivity contribution in [2.75, 3.05) is 19.8 Å². The molecule has 106 valence electrons. The first kappa shape index (κ1) is 14.9. The number of hydrogen-bond donors (Lipinski definition) is 1. The molecule has 1 aromatic rings. The van der Waals surface area contributed by atoms with E-state index in [1.54, 1.807) is 6.07 Å². The summed E-state index contributed by atoms with van der Waals surface area (Å²) in [5.41, 5.74) is 0.655. The van der Waals surface area contributed by atoms with E-state index in [0.29, 0.717) is 29.7 Å². The molecule has 1 unspecified atom stereocenters. The van der Waals surface area contributed by atoms with Crippen LogP contribution in [0.1, 0.15) is 31.4 Å². The van der Waals surface area contributed by atoms with E-state index in [1.165, 1.54) is 0 Å². The summed E-state index contributed by atoms with van der Waals surface area (Å²) < 4.78 is 25.6. The predicted octanol–water partition coefficient (Wildman–Crippen LogP) is 3.39. The minimum atomic E-state index is -0.243. The van der Waals surface area contributed by atoms with Crippen molar-refractivity contribution in [3.8, 4) is 0 Å². The van der Waals surface area contributed by atoms with Crippen LogP contribution < -0.4 is 5.32 Å². The lowest BCUT2D eigenvalue weighted by Crippen LogP contribution is -2.27. The largest absolute Gasteiger partial charge is 0.350 e. The molecule has 1 aliphatic heterocycles. The normalized spacial score (nSPS) is 17.8. The van der Waals surface area contributed by atoms with Gasteiger partial charge in [0.1, 0.15) is 5.82 Å². The molecule has 3 nitrogen and oxygen atoms in total. The summed E-state index contributed by atoms with van der Waals surface area (Å²) in [4.78, 5) is 0. The Morgan fingerprint density at radius 3 is 2.84 bits per heavy atom. The molecule has 2 rings (SSSR count). The van der Waals surface area contributed by atoms with E-state index < -0.39 is 0 Å². The summed E-state index contributed by atoms with van der Waals surface area (Å²) in [7, 11) is 0. The lowest BCUT2D eigenvalue weighted by molar-refractivity contribution is -0.0531. The zero-order valence-corrected chi connectivity index (χ0v) is 12.6. The number of nitrogens with one attached hydrogen (secondary N) is 1. The standard InChI is InChI=1S/C14H19BrFNO2/c1-2-6-17-12(9-13-18-7-8-19-13)10-4-3-5-11(15)14(10)16/h3-5,12-13,17H,2,6-9H2,1H3. The number of hydrogen-bond acceptors (Lipinski definition) is 3. The van der Waals surface area contributed by atoms with Gasteiger partial charge in [0.25, 0.3) is 0 Å². The van der Waals surface area contributed by atoms with Crippen LogP contribution >= 0.6 is 15.9 Å². The highest BCUT2D eigenvalue weighted by Crippen LogP contribution is 2.28. The van der Waals surface area contributed by atoms with E-state index in [0.717, 1.165) is 13.0 Å². The molecule has 1 aliphatic rings. The van der Waals surface area contributed by atoms with Crippen molar-refractivity contribution in [1.82, 2.24) is 5.32 Å². The summed E-state index contributed by atoms with van der Waals surface area (Å²) in [5.74, 6) is -0.214. The molecule has 1 N–H and O–H groups in total. The van der Waals surface area contributed by atoms with E-state index in [1.807, 2.05) is 12.1 Å². The van der Waals surface area contributed by atoms with E-state index in [2.05, 4.69) is 28.2 Å². The molecule has 0 saturated carbocycles. The van der Waals surface area contributed by atoms with Crippen molar-refractivity contribution in [3.05, 3.63) is 34.1 Å². The van der Waals surface area contributed by atoms with Crippen LogP contribution in [0.25, 0.3) is 0 Å². The highest BCUT2D eigenvalue weighted by Gasteiger charge is 2.24. The summed E-state index contributed by atoms with van der Waals surface area (Å²) in [6, 6.07) is 5.26. The van der Waals surface area contributed by atoms with Crippen molar-refractivity contribution in [3.63, 3.8) is 0 Å². The molecule has 0 amide bonds. The average molecular weight is 332 g/mol. The Labute approximate surface area is 121 Å². The van der Waals surface area contributed by atoms with Gasteiger partial charge in [-0.25, -0.2) is 4.39 Å². The quantitative estimate of drug-likeness (QED) is 0.866. The van der Waals surface area contributed by atoms with Crippen LogP contribution in [-0.2, 0) is 9.47 Å². The number of benzene rings is 1. The van der Waals surface area contributed by atoms with E-state index in [9.17, 15) is 4.39 Å². The van der Waals surface area contributed by atoms with Crippen LogP contribution in [0.5, 0.6) is 0 Å². The van der Waals surface area contributed by atoms with Gasteiger partial charge in [-0.05, 0) is 35.0 Å². The van der Waals surface area contributed by atoms with E-state index in [-0.39, 0.29) is 18.1 Å². The maximum Gasteiger partial charge on any atom is 0.159 e. The number of rotatable bonds is 6. The second-order valence-corrected chi connectivity index (χ2v) is 5.41. The van der Waals surface area contributed by atoms with Gasteiger partial charge >= 0.3 is 0 Å². The third-order valence-corrected chi connectivity index (χ3v) is 3.73. The molecule has 0 bridgehead atoms. The van der Waals surface area contributed by atoms with Gasteiger partial charge in [0.15, 0.2) is 6.29 Å². The molecule has 1 aromatic carbocycles. The summed E-state index contributed by atoms with van der Waals surface area (Å²) >= 11 is 3.23. The Morgan fingerprint density at radius 2 is 2.16 bits per heavy atom. The fourth-order valence-electron chi connectivity index (χ4n) is 2.16. The van der Waals surface area contributed by atoms with Gasteiger partial charge in [0.2, 0.25) is 0 Å². The maximum absolute atomic E-state index is 14.2. The highest BCUT2D eigenvalue weighted by molar-refractivity contribution is 9.10. The third-order valence-electron chi connectivity index (χ3n) is 3.12. The molecule has 0 aromatic heterocycles. The van der Waals surface area contributed by atoms with Gasteiger partial charge < -0.3 is 14.8 Å². The molecule has 19 heavy (non-hydrogen) atoms. The number of halogens is 2. The second-order valence-electron chi connectivity index (χ2n) is 4.56. The molecule has 0 spiro atoms. The molecular weight excluding hydrogens is 313 g/mol. The molecule has 1 heterocycles. The summed E-state index contributed by atoms with van der Waals surface area (Å²) in [6.45, 7) is 4.16. The van der Waals surface area contributed by atoms with Gasteiger partial charge in [-0.2, -0.15) is 0 Å². The molecule has 1 fully saturated rings. The number of ether oxygens (including phenoxy) is 2. The molecular formula is C14H19BrFNO2. The van der Waals surface area contributed by atoms with Crippen molar-refractivity contribution in [2.24, 2.45) is 0 Å². The van der Waals surface area contributed by atoms with Crippen molar-refractivity contribution in [1.29, 1.82) is 0 Å². The predicted molar refractivity (Wildman–Crippen MR) is 75.4 cm³/mol. The lowest BCUT2D eigenvalue weighted by Gasteiger charge is -2.22. The van der Waals surface area contributed by atoms with Gasteiger partial charge in [-0.15, -0.1) is 0 Å². The van der Waals surface area contributed by atoms with Crippen LogP contribution in [0.4, 0.5) is 4.39 Å². The molecule has 1 saturated heterocycles. The molecule has 1 atom stereocenters. The minimum Gasteiger partial charge on any atom is -0.350 e. The smallest absolute Gasteiger partial charge is 0.159 e. The van der Waals surface area contributed by atoms with Gasteiger partial charge in [0.05, 0.1) is 17.7 Å². The zero-order chi connectivity index (χ0) is 13.7. The third kappa shape index (κ3) is 3.99. The zero-order valence-electron chi connectivity index (χ0n) is 11.0. The minimum absolute atomic E-state index is 0.0967. The second kappa shape index (κ2) is 7.33. The lowest BCUT2D eigenvalue weighted by atomic mass is 10.0. The van der Waals surface area contributed by atoms with Crippen molar-refractivity contribution in [2.45, 2.75) is 32.1 Å². The Hall–Kier alpha value is -0.490. The first-order valence-electron chi connectivity index (χ1n) is 6.63. The fourth-order valence-corrected chi connectivity index (χ4v) is 2.55. The van der Waals surface area contributed by atoms with E-state index >= 15 is 0 Å². The van der Waals surface area contributed by atoms with Crippen molar-refractivity contribution < 1.29 is 13.9 Å². The Balaban J connectivity index is 2.13. The van der Waals surface area contributed by atoms with Crippen molar-refractivity contribution >= 4 is 15.9 Å². The van der Waals surface area contributed by atoms with Crippen LogP contribution in [0.2, 0.25) is 0 Å². The topological polar surface area (TPSA) is 30.5 Å². The van der Waals surface area contributed by atoms with Crippen LogP contribution in [0.3, 0.4) is 0 Å². The highest BCUT2D eigenvalue weighted by atomic mass is 79.9. The van der Waals surface area contributed by atoms with Crippen LogP contribution in [0.15, 0.2) is 22.7 Å². The van der Waals surface area contributed by atoms with E-state index in [4.69, 9.17) is 9.47 Å². The van der Waals surface area contributed by atoms with Gasteiger partial charge in [-0.3, -0.25) is 0 Å². The SMILES string of the molecule is CCCNC(CC1OCCO1)c1cccc(Br)c1F. The first-order valence-corrected chi connectivity index (χ1v) is 7.42. The summed E-state index contributed by atoms with van der Waals surface area (Å²) in [6.07, 6.45) is 1.37. The maximum atomic E-state index is 14.2. The molecule has 0 radical (unpaired) electrons. The Morgan fingerprint density at radius 1 is 1.42 bits per heavy atom. The van der Waals surface area contributed by atoms with Gasteiger partial charge in [0, 0.05) is 18.0 Å². The molecule has 0 aliphatic carbocycles. The summed E-state index contributed by atoms with van der Waals surface area (Å²) in [5, 5.41) is 3.36. The molecule has 5 heteroatoms. The van der Waals surface area contributed by atoms with Crippen LogP contribution in [-0.4, -0.2) is 26.0 Å². The van der Waals surface area contributed by atoms with Gasteiger partial charge in [-0.1, -0.05) is 19.1 Å². The Bertz CT molecular complexity index is 410. The van der Waals surface area contributed by atoms with Crippen LogP contribution in [0, 0.1) is 5.82 Å².